The van der Waals surface area contributed by atoms with Gasteiger partial charge in [0.2, 0.25) is 5.88 Å². The fourth-order valence-electron chi connectivity index (χ4n) is 2.56. The Labute approximate surface area is 113 Å². The summed E-state index contributed by atoms with van der Waals surface area (Å²) in [7, 11) is 0. The molecular formula is C13H21N5O. The van der Waals surface area contributed by atoms with E-state index in [9.17, 15) is 0 Å². The first kappa shape index (κ1) is 12.6. The quantitative estimate of drug-likeness (QED) is 0.823. The summed E-state index contributed by atoms with van der Waals surface area (Å²) in [5.41, 5.74) is 0. The summed E-state index contributed by atoms with van der Waals surface area (Å²) < 4.78 is 5.40. The molecule has 0 aliphatic carbocycles. The van der Waals surface area contributed by atoms with E-state index in [0.29, 0.717) is 12.5 Å². The van der Waals surface area contributed by atoms with E-state index in [2.05, 4.69) is 25.1 Å². The highest BCUT2D eigenvalue weighted by molar-refractivity contribution is 5.38. The van der Waals surface area contributed by atoms with E-state index in [-0.39, 0.29) is 0 Å². The van der Waals surface area contributed by atoms with Gasteiger partial charge in [0.05, 0.1) is 19.0 Å². The molecule has 1 aromatic heterocycles. The SMILES string of the molecule is CCOc1cncc(N2CCN(C3CNC3)CC2)n1. The Balaban J connectivity index is 1.59. The van der Waals surface area contributed by atoms with E-state index in [1.165, 1.54) is 0 Å². The molecule has 1 aromatic rings. The van der Waals surface area contributed by atoms with E-state index in [1.807, 2.05) is 13.1 Å². The summed E-state index contributed by atoms with van der Waals surface area (Å²) in [6.45, 7) is 9.10. The maximum absolute atomic E-state index is 5.40. The summed E-state index contributed by atoms with van der Waals surface area (Å²) in [5, 5.41) is 3.33. The van der Waals surface area contributed by atoms with Crippen LogP contribution in [-0.4, -0.2) is 66.8 Å². The Hall–Kier alpha value is -1.40. The first-order valence-corrected chi connectivity index (χ1v) is 7.01. The van der Waals surface area contributed by atoms with Gasteiger partial charge in [-0.25, -0.2) is 0 Å². The molecule has 3 rings (SSSR count). The van der Waals surface area contributed by atoms with Gasteiger partial charge in [-0.05, 0) is 6.92 Å². The van der Waals surface area contributed by atoms with Crippen LogP contribution in [0.15, 0.2) is 12.4 Å². The monoisotopic (exact) mass is 263 g/mol. The van der Waals surface area contributed by atoms with Crippen LogP contribution in [-0.2, 0) is 0 Å². The molecular weight excluding hydrogens is 242 g/mol. The summed E-state index contributed by atoms with van der Waals surface area (Å²) in [6, 6.07) is 0.739. The van der Waals surface area contributed by atoms with Crippen molar-refractivity contribution in [1.29, 1.82) is 0 Å². The van der Waals surface area contributed by atoms with Gasteiger partial charge in [0.25, 0.3) is 0 Å². The minimum absolute atomic E-state index is 0.616. The normalized spacial score (nSPS) is 21.2. The third-order valence-electron chi connectivity index (χ3n) is 3.81. The van der Waals surface area contributed by atoms with Crippen LogP contribution in [0.5, 0.6) is 5.88 Å². The molecule has 0 saturated carbocycles. The second-order valence-electron chi connectivity index (χ2n) is 4.98. The number of aromatic nitrogens is 2. The number of rotatable bonds is 4. The van der Waals surface area contributed by atoms with Gasteiger partial charge in [-0.1, -0.05) is 0 Å². The fraction of sp³-hybridized carbons (Fsp3) is 0.692. The van der Waals surface area contributed by atoms with Crippen molar-refractivity contribution in [3.05, 3.63) is 12.4 Å². The van der Waals surface area contributed by atoms with E-state index < -0.39 is 0 Å². The smallest absolute Gasteiger partial charge is 0.234 e. The van der Waals surface area contributed by atoms with Crippen LogP contribution in [0.3, 0.4) is 0 Å². The number of hydrogen-bond donors (Lipinski definition) is 1. The predicted molar refractivity (Wildman–Crippen MR) is 73.6 cm³/mol. The molecule has 0 unspecified atom stereocenters. The summed E-state index contributed by atoms with van der Waals surface area (Å²) >= 11 is 0. The van der Waals surface area contributed by atoms with Crippen LogP contribution in [0, 0.1) is 0 Å². The Morgan fingerprint density at radius 3 is 2.68 bits per heavy atom. The van der Waals surface area contributed by atoms with Gasteiger partial charge in [0.1, 0.15) is 0 Å². The molecule has 2 saturated heterocycles. The van der Waals surface area contributed by atoms with Gasteiger partial charge in [0, 0.05) is 45.3 Å². The Morgan fingerprint density at radius 1 is 1.26 bits per heavy atom. The Kier molecular flexibility index (Phi) is 3.79. The molecule has 104 valence electrons. The van der Waals surface area contributed by atoms with Gasteiger partial charge in [0.15, 0.2) is 5.82 Å². The fourth-order valence-corrected chi connectivity index (χ4v) is 2.56. The minimum atomic E-state index is 0.616. The van der Waals surface area contributed by atoms with Crippen LogP contribution in [0.1, 0.15) is 6.92 Å². The van der Waals surface area contributed by atoms with Crippen LogP contribution in [0.25, 0.3) is 0 Å². The number of nitrogens with one attached hydrogen (secondary N) is 1. The van der Waals surface area contributed by atoms with Gasteiger partial charge in [-0.2, -0.15) is 4.98 Å². The molecule has 0 bridgehead atoms. The second kappa shape index (κ2) is 5.71. The maximum atomic E-state index is 5.40. The zero-order chi connectivity index (χ0) is 13.1. The van der Waals surface area contributed by atoms with E-state index in [1.54, 1.807) is 6.20 Å². The summed E-state index contributed by atoms with van der Waals surface area (Å²) in [6.07, 6.45) is 3.49. The van der Waals surface area contributed by atoms with E-state index >= 15 is 0 Å². The van der Waals surface area contributed by atoms with Crippen LogP contribution >= 0.6 is 0 Å². The lowest BCUT2D eigenvalue weighted by Crippen LogP contribution is -2.61. The molecule has 0 atom stereocenters. The second-order valence-corrected chi connectivity index (χ2v) is 4.98. The highest BCUT2D eigenvalue weighted by Crippen LogP contribution is 2.17. The maximum Gasteiger partial charge on any atom is 0.234 e. The summed E-state index contributed by atoms with van der Waals surface area (Å²) in [5.74, 6) is 1.54. The number of nitrogens with zero attached hydrogens (tertiary/aromatic N) is 4. The van der Waals surface area contributed by atoms with Crippen LogP contribution < -0.4 is 15.0 Å². The highest BCUT2D eigenvalue weighted by atomic mass is 16.5. The molecule has 0 spiro atoms. The van der Waals surface area contributed by atoms with Crippen molar-refractivity contribution in [2.75, 3.05) is 50.8 Å². The number of piperazine rings is 1. The molecule has 6 nitrogen and oxygen atoms in total. The third-order valence-corrected chi connectivity index (χ3v) is 3.81. The Morgan fingerprint density at radius 2 is 2.05 bits per heavy atom. The molecule has 2 fully saturated rings. The van der Waals surface area contributed by atoms with Crippen molar-refractivity contribution >= 4 is 5.82 Å². The Bertz CT molecular complexity index is 415. The number of hydrogen-bond acceptors (Lipinski definition) is 6. The lowest BCUT2D eigenvalue weighted by atomic mass is 10.1. The minimum Gasteiger partial charge on any atom is -0.477 e. The van der Waals surface area contributed by atoms with Crippen molar-refractivity contribution in [2.45, 2.75) is 13.0 Å². The van der Waals surface area contributed by atoms with E-state index in [4.69, 9.17) is 4.74 Å². The molecule has 19 heavy (non-hydrogen) atoms. The molecule has 6 heteroatoms. The number of anilines is 1. The topological polar surface area (TPSA) is 53.5 Å². The van der Waals surface area contributed by atoms with Crippen molar-refractivity contribution in [3.8, 4) is 5.88 Å². The molecule has 0 radical (unpaired) electrons. The molecule has 1 N–H and O–H groups in total. The lowest BCUT2D eigenvalue weighted by molar-refractivity contribution is 0.137. The van der Waals surface area contributed by atoms with Gasteiger partial charge in [-0.15, -0.1) is 0 Å². The molecule has 0 aromatic carbocycles. The average Bonchev–Trinajstić information content (AvgIpc) is 2.38. The van der Waals surface area contributed by atoms with Crippen molar-refractivity contribution < 1.29 is 4.74 Å². The molecule has 2 aliphatic rings. The third kappa shape index (κ3) is 2.79. The predicted octanol–water partition coefficient (Wildman–Crippen LogP) is -0.0309. The van der Waals surface area contributed by atoms with Crippen LogP contribution in [0.2, 0.25) is 0 Å². The zero-order valence-corrected chi connectivity index (χ0v) is 11.4. The highest BCUT2D eigenvalue weighted by Gasteiger charge is 2.28. The van der Waals surface area contributed by atoms with Gasteiger partial charge >= 0.3 is 0 Å². The first-order valence-electron chi connectivity index (χ1n) is 7.01. The van der Waals surface area contributed by atoms with Gasteiger partial charge < -0.3 is 15.0 Å². The van der Waals surface area contributed by atoms with Gasteiger partial charge in [-0.3, -0.25) is 9.88 Å². The standard InChI is InChI=1S/C13H21N5O/c1-2-19-13-10-15-9-12(16-13)18-5-3-17(4-6-18)11-7-14-8-11/h9-11,14H,2-8H2,1H3. The molecule has 2 aliphatic heterocycles. The number of ether oxygens (including phenoxy) is 1. The average molecular weight is 263 g/mol. The zero-order valence-electron chi connectivity index (χ0n) is 11.4. The summed E-state index contributed by atoms with van der Waals surface area (Å²) in [4.78, 5) is 13.6. The molecule has 3 heterocycles. The van der Waals surface area contributed by atoms with E-state index in [0.717, 1.165) is 51.1 Å². The molecule has 0 amide bonds. The van der Waals surface area contributed by atoms with Crippen molar-refractivity contribution in [3.63, 3.8) is 0 Å². The lowest BCUT2D eigenvalue weighted by Gasteiger charge is -2.43. The first-order chi connectivity index (χ1) is 9.36. The van der Waals surface area contributed by atoms with Crippen molar-refractivity contribution in [2.24, 2.45) is 0 Å². The largest absolute Gasteiger partial charge is 0.477 e. The van der Waals surface area contributed by atoms with Crippen LogP contribution in [0.4, 0.5) is 5.82 Å². The van der Waals surface area contributed by atoms with Crippen molar-refractivity contribution in [1.82, 2.24) is 20.2 Å².